The Morgan fingerprint density at radius 1 is 0.696 bits per heavy atom. The molecule has 0 spiro atoms. The summed E-state index contributed by atoms with van der Waals surface area (Å²) in [6.07, 6.45) is -0.375. The van der Waals surface area contributed by atoms with Gasteiger partial charge in [0.15, 0.2) is 0 Å². The van der Waals surface area contributed by atoms with E-state index < -0.39 is 23.6 Å². The topological polar surface area (TPSA) is 105 Å². The molecule has 230 valence electrons. The molecule has 7 nitrogen and oxygen atoms in total. The van der Waals surface area contributed by atoms with E-state index in [4.69, 9.17) is 4.74 Å². The van der Waals surface area contributed by atoms with E-state index >= 15 is 0 Å². The third kappa shape index (κ3) is 6.26. The molecule has 1 unspecified atom stereocenters. The molecule has 0 aliphatic heterocycles. The zero-order valence-electron chi connectivity index (χ0n) is 25.2. The molecule has 0 heterocycles. The van der Waals surface area contributed by atoms with Gasteiger partial charge in [0.2, 0.25) is 5.91 Å². The van der Waals surface area contributed by atoms with Gasteiger partial charge in [0, 0.05) is 6.42 Å². The van der Waals surface area contributed by atoms with Crippen LogP contribution < -0.4 is 10.6 Å². The normalized spacial score (nSPS) is 12.3. The summed E-state index contributed by atoms with van der Waals surface area (Å²) in [4.78, 5) is 38.6. The van der Waals surface area contributed by atoms with Crippen molar-refractivity contribution in [1.82, 2.24) is 10.6 Å². The first-order chi connectivity index (χ1) is 22.5. The Bertz CT molecular complexity index is 1740. The number of carbonyl (C=O) groups is 3. The van der Waals surface area contributed by atoms with Crippen LogP contribution in [-0.4, -0.2) is 29.1 Å². The van der Waals surface area contributed by atoms with E-state index in [2.05, 4.69) is 28.8 Å². The predicted molar refractivity (Wildman–Crippen MR) is 176 cm³/mol. The van der Waals surface area contributed by atoms with Gasteiger partial charge in [-0.3, -0.25) is 4.79 Å². The van der Waals surface area contributed by atoms with E-state index in [1.807, 2.05) is 115 Å². The van der Waals surface area contributed by atoms with Gasteiger partial charge in [-0.1, -0.05) is 133 Å². The number of fused-ring (bicyclic) bond motifs is 3. The number of aliphatic carboxylic acids is 1. The van der Waals surface area contributed by atoms with Crippen LogP contribution in [0.3, 0.4) is 0 Å². The second-order valence-electron chi connectivity index (χ2n) is 11.3. The first-order valence-electron chi connectivity index (χ1n) is 15.3. The molecule has 0 saturated carbocycles. The van der Waals surface area contributed by atoms with Crippen LogP contribution in [0.2, 0.25) is 0 Å². The Morgan fingerprint density at radius 2 is 1.24 bits per heavy atom. The molecule has 1 aliphatic carbocycles. The summed E-state index contributed by atoms with van der Waals surface area (Å²) in [5.74, 6) is -1.61. The van der Waals surface area contributed by atoms with E-state index in [0.29, 0.717) is 0 Å². The van der Waals surface area contributed by atoms with Crippen LogP contribution in [0.15, 0.2) is 133 Å². The van der Waals surface area contributed by atoms with Crippen molar-refractivity contribution in [2.45, 2.75) is 37.5 Å². The molecule has 0 radical (unpaired) electrons. The lowest BCUT2D eigenvalue weighted by Gasteiger charge is -2.37. The number of carboxylic acids is 1. The summed E-state index contributed by atoms with van der Waals surface area (Å²) in [5, 5.41) is 15.6. The molecule has 0 aromatic heterocycles. The van der Waals surface area contributed by atoms with Gasteiger partial charge in [-0.25, -0.2) is 9.59 Å². The number of hydrogen-bond donors (Lipinski definition) is 3. The summed E-state index contributed by atoms with van der Waals surface area (Å²) in [6.45, 7) is 0.00354. The van der Waals surface area contributed by atoms with Crippen molar-refractivity contribution in [3.63, 3.8) is 0 Å². The smallest absolute Gasteiger partial charge is 0.408 e. The van der Waals surface area contributed by atoms with Crippen LogP contribution >= 0.6 is 0 Å². The zero-order chi connectivity index (χ0) is 31.9. The highest BCUT2D eigenvalue weighted by Crippen LogP contribution is 2.39. The number of alkyl carbamates (subject to hydrolysis) is 1. The molecule has 2 amide bonds. The van der Waals surface area contributed by atoms with Crippen LogP contribution in [-0.2, 0) is 32.9 Å². The van der Waals surface area contributed by atoms with E-state index in [1.54, 1.807) is 0 Å². The minimum Gasteiger partial charge on any atom is -0.480 e. The van der Waals surface area contributed by atoms with Gasteiger partial charge in [-0.05, 0) is 57.3 Å². The molecule has 3 N–H and O–H groups in total. The first kappa shape index (κ1) is 30.3. The number of carboxylic acid groups (broad SMARTS) is 1. The maximum Gasteiger partial charge on any atom is 0.408 e. The molecular formula is C39H34N2O5. The lowest BCUT2D eigenvalue weighted by molar-refractivity contribution is -0.139. The van der Waals surface area contributed by atoms with Crippen LogP contribution in [0, 0.1) is 0 Å². The van der Waals surface area contributed by atoms with Gasteiger partial charge in [0.05, 0.1) is 0 Å². The van der Waals surface area contributed by atoms with Crippen molar-refractivity contribution in [3.05, 3.63) is 167 Å². The molecule has 0 bridgehead atoms. The number of nitrogens with one attached hydrogen (secondary N) is 2. The molecule has 1 atom stereocenters. The Kier molecular flexibility index (Phi) is 8.92. The highest BCUT2D eigenvalue weighted by molar-refractivity contribution is 5.83. The number of carbonyl (C=O) groups excluding carboxylic acids is 2. The van der Waals surface area contributed by atoms with Crippen molar-refractivity contribution >= 4 is 18.0 Å². The highest BCUT2D eigenvalue weighted by atomic mass is 16.5. The molecule has 1 aliphatic rings. The lowest BCUT2D eigenvalue weighted by atomic mass is 9.77. The Balaban J connectivity index is 1.14. The van der Waals surface area contributed by atoms with Crippen molar-refractivity contribution in [1.29, 1.82) is 0 Å². The third-order valence-electron chi connectivity index (χ3n) is 8.50. The van der Waals surface area contributed by atoms with Gasteiger partial charge < -0.3 is 20.5 Å². The van der Waals surface area contributed by atoms with E-state index in [1.165, 1.54) is 11.1 Å². The quantitative estimate of drug-likeness (QED) is 0.140. The van der Waals surface area contributed by atoms with Gasteiger partial charge in [-0.2, -0.15) is 0 Å². The number of amides is 2. The van der Waals surface area contributed by atoms with Gasteiger partial charge in [-0.15, -0.1) is 0 Å². The molecule has 7 heteroatoms. The van der Waals surface area contributed by atoms with E-state index in [9.17, 15) is 19.5 Å². The maximum absolute atomic E-state index is 13.7. The maximum atomic E-state index is 13.7. The SMILES string of the molecule is O=C(CCC(NC(=O)OCc1cccc2c1Cc1ccccc1-2)C(=O)O)NC(c1ccccc1)(c1ccccc1)c1ccccc1. The van der Waals surface area contributed by atoms with Gasteiger partial charge >= 0.3 is 12.1 Å². The summed E-state index contributed by atoms with van der Waals surface area (Å²) >= 11 is 0. The minimum absolute atomic E-state index is 0.00354. The van der Waals surface area contributed by atoms with Crippen molar-refractivity contribution < 1.29 is 24.2 Å². The average molecular weight is 611 g/mol. The molecule has 5 aromatic rings. The number of benzene rings is 5. The van der Waals surface area contributed by atoms with Crippen LogP contribution in [0.4, 0.5) is 4.79 Å². The number of rotatable bonds is 11. The fraction of sp³-hybridized carbons (Fsp3) is 0.154. The van der Waals surface area contributed by atoms with Crippen LogP contribution in [0.25, 0.3) is 11.1 Å². The van der Waals surface area contributed by atoms with Crippen molar-refractivity contribution in [2.75, 3.05) is 0 Å². The molecule has 46 heavy (non-hydrogen) atoms. The lowest BCUT2D eigenvalue weighted by Crippen LogP contribution is -2.48. The Labute approximate surface area is 267 Å². The fourth-order valence-electron chi connectivity index (χ4n) is 6.27. The monoisotopic (exact) mass is 610 g/mol. The van der Waals surface area contributed by atoms with Crippen LogP contribution in [0.1, 0.15) is 46.2 Å². The summed E-state index contributed by atoms with van der Waals surface area (Å²) < 4.78 is 5.48. The van der Waals surface area contributed by atoms with Crippen LogP contribution in [0.5, 0.6) is 0 Å². The predicted octanol–water partition coefficient (Wildman–Crippen LogP) is 6.83. The number of hydrogen-bond acceptors (Lipinski definition) is 4. The Hall–Kier alpha value is -5.69. The van der Waals surface area contributed by atoms with Crippen molar-refractivity contribution in [2.24, 2.45) is 0 Å². The second kappa shape index (κ2) is 13.5. The first-order valence-corrected chi connectivity index (χ1v) is 15.3. The third-order valence-corrected chi connectivity index (χ3v) is 8.50. The van der Waals surface area contributed by atoms with E-state index in [0.717, 1.165) is 39.8 Å². The fourth-order valence-corrected chi connectivity index (χ4v) is 6.27. The zero-order valence-corrected chi connectivity index (χ0v) is 25.2. The summed E-state index contributed by atoms with van der Waals surface area (Å²) in [5.41, 5.74) is 7.01. The summed E-state index contributed by atoms with van der Waals surface area (Å²) in [6, 6.07) is 41.7. The average Bonchev–Trinajstić information content (AvgIpc) is 3.48. The van der Waals surface area contributed by atoms with Gasteiger partial charge in [0.25, 0.3) is 0 Å². The molecule has 0 fully saturated rings. The Morgan fingerprint density at radius 3 is 1.83 bits per heavy atom. The standard InChI is InChI=1S/C39H34N2O5/c42-36(41-39(29-15-4-1-5-16-29,30-17-6-2-7-18-30)31-19-8-3-9-20-31)24-23-35(37(43)44)40-38(45)46-26-28-14-12-22-33-32-21-11-10-13-27(32)25-34(28)33/h1-22,35H,23-26H2,(H,40,45)(H,41,42)(H,43,44). The molecular weight excluding hydrogens is 576 g/mol. The molecule has 0 saturated heterocycles. The second-order valence-corrected chi connectivity index (χ2v) is 11.3. The highest BCUT2D eigenvalue weighted by Gasteiger charge is 2.38. The molecule has 5 aromatic carbocycles. The molecule has 6 rings (SSSR count). The minimum atomic E-state index is -1.32. The van der Waals surface area contributed by atoms with Gasteiger partial charge in [0.1, 0.15) is 18.2 Å². The number of ether oxygens (including phenoxy) is 1. The summed E-state index contributed by atoms with van der Waals surface area (Å²) in [7, 11) is 0. The largest absolute Gasteiger partial charge is 0.480 e. The van der Waals surface area contributed by atoms with Crippen molar-refractivity contribution in [3.8, 4) is 11.1 Å². The van der Waals surface area contributed by atoms with E-state index in [-0.39, 0.29) is 25.4 Å².